The van der Waals surface area contributed by atoms with Gasteiger partial charge in [0.25, 0.3) is 0 Å². The molecule has 0 aliphatic carbocycles. The van der Waals surface area contributed by atoms with Crippen LogP contribution in [0.15, 0.2) is 12.1 Å². The number of carbonyl (C=O) groups excluding carboxylic acids is 1. The van der Waals surface area contributed by atoms with E-state index in [-0.39, 0.29) is 0 Å². The van der Waals surface area contributed by atoms with Gasteiger partial charge in [-0.2, -0.15) is 0 Å². The van der Waals surface area contributed by atoms with Gasteiger partial charge in [-0.1, -0.05) is 0 Å². The van der Waals surface area contributed by atoms with E-state index in [0.29, 0.717) is 17.8 Å². The van der Waals surface area contributed by atoms with Gasteiger partial charge in [0, 0.05) is 11.4 Å². The molecule has 70 valence electrons. The maximum absolute atomic E-state index is 10.3. The lowest BCUT2D eigenvalue weighted by molar-refractivity contribution is 0.112. The quantitative estimate of drug-likeness (QED) is 0.720. The second kappa shape index (κ2) is 4.61. The van der Waals surface area contributed by atoms with Crippen molar-refractivity contribution in [1.29, 1.82) is 0 Å². The summed E-state index contributed by atoms with van der Waals surface area (Å²) >= 11 is 1.38. The van der Waals surface area contributed by atoms with Crippen LogP contribution >= 0.6 is 11.3 Å². The highest BCUT2D eigenvalue weighted by Gasteiger charge is 1.99. The van der Waals surface area contributed by atoms with Gasteiger partial charge in [-0.3, -0.25) is 4.79 Å². The highest BCUT2D eigenvalue weighted by atomic mass is 32.1. The van der Waals surface area contributed by atoms with Gasteiger partial charge in [0.1, 0.15) is 0 Å². The summed E-state index contributed by atoms with van der Waals surface area (Å²) in [4.78, 5) is 22.1. The van der Waals surface area contributed by atoms with Gasteiger partial charge in [0.05, 0.1) is 4.88 Å². The number of amides is 1. The molecule has 0 bridgehead atoms. The van der Waals surface area contributed by atoms with E-state index in [1.165, 1.54) is 11.3 Å². The largest absolute Gasteiger partial charge is 0.465 e. The predicted octanol–water partition coefficient (Wildman–Crippen LogP) is 1.37. The van der Waals surface area contributed by atoms with Crippen LogP contribution in [0.2, 0.25) is 0 Å². The van der Waals surface area contributed by atoms with E-state index >= 15 is 0 Å². The number of carbonyl (C=O) groups is 2. The number of thiophene rings is 1. The van der Waals surface area contributed by atoms with Gasteiger partial charge < -0.3 is 10.4 Å². The van der Waals surface area contributed by atoms with Crippen molar-refractivity contribution in [2.45, 2.75) is 6.42 Å². The Balaban J connectivity index is 2.36. The van der Waals surface area contributed by atoms with Crippen LogP contribution in [0, 0.1) is 0 Å². The molecular weight excluding hydrogens is 190 g/mol. The second-order valence-corrected chi connectivity index (χ2v) is 3.60. The van der Waals surface area contributed by atoms with Gasteiger partial charge >= 0.3 is 6.09 Å². The lowest BCUT2D eigenvalue weighted by Crippen LogP contribution is -2.22. The standard InChI is InChI=1S/C8H9NO3S/c10-5-7-2-1-6(13-7)3-4-9-8(11)12/h1-2,5,9H,3-4H2,(H,11,12). The van der Waals surface area contributed by atoms with Crippen LogP contribution in [0.3, 0.4) is 0 Å². The topological polar surface area (TPSA) is 66.4 Å². The first-order valence-corrected chi connectivity index (χ1v) is 4.54. The first-order valence-electron chi connectivity index (χ1n) is 3.73. The molecule has 0 saturated heterocycles. The highest BCUT2D eigenvalue weighted by Crippen LogP contribution is 2.14. The SMILES string of the molecule is O=Cc1ccc(CCNC(=O)O)s1. The Morgan fingerprint density at radius 3 is 2.92 bits per heavy atom. The van der Waals surface area contributed by atoms with Crippen molar-refractivity contribution in [2.24, 2.45) is 0 Å². The van der Waals surface area contributed by atoms with Crippen molar-refractivity contribution in [2.75, 3.05) is 6.54 Å². The first kappa shape index (κ1) is 9.73. The maximum atomic E-state index is 10.3. The number of rotatable bonds is 4. The van der Waals surface area contributed by atoms with Crippen molar-refractivity contribution in [3.05, 3.63) is 21.9 Å². The van der Waals surface area contributed by atoms with E-state index in [9.17, 15) is 9.59 Å². The van der Waals surface area contributed by atoms with Gasteiger partial charge in [-0.25, -0.2) is 4.79 Å². The predicted molar refractivity (Wildman–Crippen MR) is 49.4 cm³/mol. The smallest absolute Gasteiger partial charge is 0.404 e. The molecule has 1 amide bonds. The van der Waals surface area contributed by atoms with Gasteiger partial charge in [-0.15, -0.1) is 11.3 Å². The Kier molecular flexibility index (Phi) is 3.45. The summed E-state index contributed by atoms with van der Waals surface area (Å²) in [6.45, 7) is 0.383. The molecule has 0 aromatic carbocycles. The van der Waals surface area contributed by atoms with Crippen molar-refractivity contribution in [3.8, 4) is 0 Å². The van der Waals surface area contributed by atoms with Gasteiger partial charge in [0.15, 0.2) is 6.29 Å². The molecule has 0 aliphatic heterocycles. The highest BCUT2D eigenvalue weighted by molar-refractivity contribution is 7.13. The molecule has 13 heavy (non-hydrogen) atoms. The Hall–Kier alpha value is -1.36. The molecule has 0 spiro atoms. The fraction of sp³-hybridized carbons (Fsp3) is 0.250. The van der Waals surface area contributed by atoms with Gasteiger partial charge in [-0.05, 0) is 18.6 Å². The van der Waals surface area contributed by atoms with E-state index in [0.717, 1.165) is 11.2 Å². The average Bonchev–Trinajstić information content (AvgIpc) is 2.52. The van der Waals surface area contributed by atoms with Crippen molar-refractivity contribution in [3.63, 3.8) is 0 Å². The zero-order chi connectivity index (χ0) is 9.68. The van der Waals surface area contributed by atoms with Crippen LogP contribution in [-0.4, -0.2) is 24.0 Å². The molecule has 1 rings (SSSR count). The molecular formula is C8H9NO3S. The molecule has 2 N–H and O–H groups in total. The van der Waals surface area contributed by atoms with Crippen molar-refractivity contribution in [1.82, 2.24) is 5.32 Å². The van der Waals surface area contributed by atoms with Crippen LogP contribution in [-0.2, 0) is 6.42 Å². The van der Waals surface area contributed by atoms with Crippen LogP contribution in [0.25, 0.3) is 0 Å². The molecule has 5 heteroatoms. The number of nitrogens with one attached hydrogen (secondary N) is 1. The molecule has 1 heterocycles. The van der Waals surface area contributed by atoms with Crippen LogP contribution in [0.1, 0.15) is 14.5 Å². The number of aldehydes is 1. The second-order valence-electron chi connectivity index (χ2n) is 2.40. The Bertz CT molecular complexity index is 308. The van der Waals surface area contributed by atoms with Crippen molar-refractivity contribution < 1.29 is 14.7 Å². The van der Waals surface area contributed by atoms with E-state index in [4.69, 9.17) is 5.11 Å². The molecule has 0 atom stereocenters. The molecule has 1 aromatic heterocycles. The third-order valence-electron chi connectivity index (χ3n) is 1.45. The minimum Gasteiger partial charge on any atom is -0.465 e. The molecule has 0 aliphatic rings. The Labute approximate surface area is 79.2 Å². The number of carboxylic acid groups (broad SMARTS) is 1. The van der Waals surface area contributed by atoms with E-state index in [1.54, 1.807) is 6.07 Å². The molecule has 1 aromatic rings. The summed E-state index contributed by atoms with van der Waals surface area (Å²) in [6, 6.07) is 3.56. The third-order valence-corrected chi connectivity index (χ3v) is 2.52. The maximum Gasteiger partial charge on any atom is 0.404 e. The number of hydrogen-bond donors (Lipinski definition) is 2. The summed E-state index contributed by atoms with van der Waals surface area (Å²) in [5, 5.41) is 10.5. The van der Waals surface area contributed by atoms with E-state index < -0.39 is 6.09 Å². The zero-order valence-electron chi connectivity index (χ0n) is 6.82. The summed E-state index contributed by atoms with van der Waals surface area (Å²) in [6.07, 6.45) is 0.399. The van der Waals surface area contributed by atoms with Gasteiger partial charge in [0.2, 0.25) is 0 Å². The zero-order valence-corrected chi connectivity index (χ0v) is 7.63. The molecule has 0 fully saturated rings. The first-order chi connectivity index (χ1) is 6.22. The summed E-state index contributed by atoms with van der Waals surface area (Å²) in [5.41, 5.74) is 0. The monoisotopic (exact) mass is 199 g/mol. The number of hydrogen-bond acceptors (Lipinski definition) is 3. The molecule has 0 saturated carbocycles. The van der Waals surface area contributed by atoms with Crippen LogP contribution < -0.4 is 5.32 Å². The summed E-state index contributed by atoms with van der Waals surface area (Å²) in [5.74, 6) is 0. The third kappa shape index (κ3) is 3.25. The Morgan fingerprint density at radius 2 is 2.38 bits per heavy atom. The van der Waals surface area contributed by atoms with Crippen LogP contribution in [0.5, 0.6) is 0 Å². The Morgan fingerprint density at radius 1 is 1.62 bits per heavy atom. The van der Waals surface area contributed by atoms with Crippen LogP contribution in [0.4, 0.5) is 4.79 Å². The molecule has 4 nitrogen and oxygen atoms in total. The van der Waals surface area contributed by atoms with E-state index in [1.807, 2.05) is 6.07 Å². The minimum atomic E-state index is -1.02. The summed E-state index contributed by atoms with van der Waals surface area (Å²) < 4.78 is 0. The lowest BCUT2D eigenvalue weighted by Gasteiger charge is -1.96. The van der Waals surface area contributed by atoms with E-state index in [2.05, 4.69) is 5.32 Å². The molecule has 0 unspecified atom stereocenters. The normalized spacial score (nSPS) is 9.54. The fourth-order valence-electron chi connectivity index (χ4n) is 0.885. The summed E-state index contributed by atoms with van der Waals surface area (Å²) in [7, 11) is 0. The average molecular weight is 199 g/mol. The lowest BCUT2D eigenvalue weighted by atomic mass is 10.3. The van der Waals surface area contributed by atoms with Crippen molar-refractivity contribution >= 4 is 23.7 Å². The minimum absolute atomic E-state index is 0.383. The molecule has 0 radical (unpaired) electrons. The fourth-order valence-corrected chi connectivity index (χ4v) is 1.71.